The Morgan fingerprint density at radius 3 is 2.71 bits per heavy atom. The minimum Gasteiger partial charge on any atom is -0.294 e. The molecule has 0 radical (unpaired) electrons. The van der Waals surface area contributed by atoms with E-state index in [1.54, 1.807) is 6.07 Å². The molecule has 1 nitrogen and oxygen atoms in total. The standard InChI is InChI=1S/C11H12ClFO/c1-7(2)6-10(14)8-4-3-5-9(13)11(8)12/h3-5,7H,6H2,1-2H3. The van der Waals surface area contributed by atoms with Crippen molar-refractivity contribution in [1.82, 2.24) is 0 Å². The third kappa shape index (κ3) is 2.55. The maximum atomic E-state index is 13.0. The Morgan fingerprint density at radius 1 is 1.50 bits per heavy atom. The average molecular weight is 215 g/mol. The molecule has 14 heavy (non-hydrogen) atoms. The Kier molecular flexibility index (Phi) is 3.64. The van der Waals surface area contributed by atoms with Gasteiger partial charge in [0.2, 0.25) is 0 Å². The van der Waals surface area contributed by atoms with Gasteiger partial charge in [0.05, 0.1) is 5.02 Å². The number of rotatable bonds is 3. The zero-order valence-electron chi connectivity index (χ0n) is 8.18. The van der Waals surface area contributed by atoms with Crippen LogP contribution in [0.25, 0.3) is 0 Å². The molecule has 0 aromatic heterocycles. The highest BCUT2D eigenvalue weighted by atomic mass is 35.5. The molecule has 0 aliphatic heterocycles. The Bertz CT molecular complexity index is 347. The van der Waals surface area contributed by atoms with E-state index in [0.29, 0.717) is 6.42 Å². The van der Waals surface area contributed by atoms with Gasteiger partial charge in [-0.1, -0.05) is 31.5 Å². The quantitative estimate of drug-likeness (QED) is 0.701. The van der Waals surface area contributed by atoms with Crippen molar-refractivity contribution in [3.63, 3.8) is 0 Å². The van der Waals surface area contributed by atoms with Crippen LogP contribution in [0, 0.1) is 11.7 Å². The number of halogens is 2. The van der Waals surface area contributed by atoms with Gasteiger partial charge in [0, 0.05) is 12.0 Å². The SMILES string of the molecule is CC(C)CC(=O)c1cccc(F)c1Cl. The van der Waals surface area contributed by atoms with Gasteiger partial charge in [0.1, 0.15) is 5.82 Å². The summed E-state index contributed by atoms with van der Waals surface area (Å²) in [5, 5.41) is -0.0712. The number of hydrogen-bond donors (Lipinski definition) is 0. The van der Waals surface area contributed by atoms with Crippen LogP contribution in [0.2, 0.25) is 5.02 Å². The molecule has 76 valence electrons. The molecule has 0 fully saturated rings. The number of carbonyl (C=O) groups is 1. The molecular weight excluding hydrogens is 203 g/mol. The lowest BCUT2D eigenvalue weighted by Gasteiger charge is -2.05. The topological polar surface area (TPSA) is 17.1 Å². The molecule has 1 aromatic rings. The maximum Gasteiger partial charge on any atom is 0.164 e. The Morgan fingerprint density at radius 2 is 2.14 bits per heavy atom. The summed E-state index contributed by atoms with van der Waals surface area (Å²) < 4.78 is 13.0. The second kappa shape index (κ2) is 4.56. The van der Waals surface area contributed by atoms with Crippen molar-refractivity contribution in [2.24, 2.45) is 5.92 Å². The van der Waals surface area contributed by atoms with Gasteiger partial charge in [-0.2, -0.15) is 0 Å². The molecule has 3 heteroatoms. The van der Waals surface area contributed by atoms with Gasteiger partial charge in [0.25, 0.3) is 0 Å². The number of hydrogen-bond acceptors (Lipinski definition) is 1. The molecule has 0 spiro atoms. The Balaban J connectivity index is 2.96. The smallest absolute Gasteiger partial charge is 0.164 e. The largest absolute Gasteiger partial charge is 0.294 e. The highest BCUT2D eigenvalue weighted by molar-refractivity contribution is 6.34. The van der Waals surface area contributed by atoms with Crippen LogP contribution in [0.4, 0.5) is 4.39 Å². The zero-order valence-corrected chi connectivity index (χ0v) is 8.94. The summed E-state index contributed by atoms with van der Waals surface area (Å²) in [6.07, 6.45) is 0.392. The van der Waals surface area contributed by atoms with E-state index < -0.39 is 5.82 Å². The Hall–Kier alpha value is -0.890. The summed E-state index contributed by atoms with van der Waals surface area (Å²) in [7, 11) is 0. The van der Waals surface area contributed by atoms with Crippen molar-refractivity contribution in [3.8, 4) is 0 Å². The van der Waals surface area contributed by atoms with E-state index in [0.717, 1.165) is 0 Å². The summed E-state index contributed by atoms with van der Waals surface area (Å²) in [6.45, 7) is 3.87. The molecule has 0 N–H and O–H groups in total. The van der Waals surface area contributed by atoms with Crippen LogP contribution in [0.3, 0.4) is 0 Å². The zero-order chi connectivity index (χ0) is 10.7. The highest BCUT2D eigenvalue weighted by Gasteiger charge is 2.14. The van der Waals surface area contributed by atoms with E-state index in [2.05, 4.69) is 0 Å². The second-order valence-corrected chi connectivity index (χ2v) is 4.00. The molecule has 0 aliphatic carbocycles. The van der Waals surface area contributed by atoms with Crippen molar-refractivity contribution < 1.29 is 9.18 Å². The van der Waals surface area contributed by atoms with Crippen molar-refractivity contribution in [1.29, 1.82) is 0 Å². The van der Waals surface area contributed by atoms with Crippen LogP contribution in [-0.4, -0.2) is 5.78 Å². The molecular formula is C11H12ClFO. The van der Waals surface area contributed by atoms with Gasteiger partial charge >= 0.3 is 0 Å². The molecule has 0 amide bonds. The number of carbonyl (C=O) groups excluding carboxylic acids is 1. The van der Waals surface area contributed by atoms with Gasteiger partial charge < -0.3 is 0 Å². The summed E-state index contributed by atoms with van der Waals surface area (Å²) in [6, 6.07) is 4.29. The molecule has 1 aromatic carbocycles. The summed E-state index contributed by atoms with van der Waals surface area (Å²) in [4.78, 5) is 11.6. The monoisotopic (exact) mass is 214 g/mol. The van der Waals surface area contributed by atoms with E-state index in [-0.39, 0.29) is 22.3 Å². The van der Waals surface area contributed by atoms with Crippen molar-refractivity contribution in [3.05, 3.63) is 34.6 Å². The average Bonchev–Trinajstić information content (AvgIpc) is 2.08. The second-order valence-electron chi connectivity index (χ2n) is 3.62. The predicted octanol–water partition coefficient (Wildman–Crippen LogP) is 3.71. The molecule has 0 unspecified atom stereocenters. The van der Waals surface area contributed by atoms with E-state index in [4.69, 9.17) is 11.6 Å². The fraction of sp³-hybridized carbons (Fsp3) is 0.364. The third-order valence-corrected chi connectivity index (χ3v) is 2.23. The third-order valence-electron chi connectivity index (χ3n) is 1.85. The first-order valence-corrected chi connectivity index (χ1v) is 4.87. The molecule has 0 saturated carbocycles. The van der Waals surface area contributed by atoms with E-state index in [9.17, 15) is 9.18 Å². The van der Waals surface area contributed by atoms with Crippen LogP contribution in [0.15, 0.2) is 18.2 Å². The lowest BCUT2D eigenvalue weighted by Crippen LogP contribution is -2.04. The molecule has 0 atom stereocenters. The molecule has 0 bridgehead atoms. The first-order chi connectivity index (χ1) is 6.52. The molecule has 0 saturated heterocycles. The van der Waals surface area contributed by atoms with Gasteiger partial charge in [0.15, 0.2) is 5.78 Å². The normalized spacial score (nSPS) is 10.6. The van der Waals surface area contributed by atoms with Gasteiger partial charge in [-0.25, -0.2) is 4.39 Å². The van der Waals surface area contributed by atoms with E-state index in [1.807, 2.05) is 13.8 Å². The van der Waals surface area contributed by atoms with Crippen molar-refractivity contribution >= 4 is 17.4 Å². The van der Waals surface area contributed by atoms with E-state index in [1.165, 1.54) is 12.1 Å². The van der Waals surface area contributed by atoms with Crippen molar-refractivity contribution in [2.45, 2.75) is 20.3 Å². The van der Waals surface area contributed by atoms with Crippen LogP contribution in [0.5, 0.6) is 0 Å². The first kappa shape index (κ1) is 11.2. The van der Waals surface area contributed by atoms with Gasteiger partial charge in [-0.3, -0.25) is 4.79 Å². The lowest BCUT2D eigenvalue weighted by molar-refractivity contribution is 0.0967. The van der Waals surface area contributed by atoms with E-state index >= 15 is 0 Å². The van der Waals surface area contributed by atoms with Gasteiger partial charge in [-0.05, 0) is 18.1 Å². The van der Waals surface area contributed by atoms with Gasteiger partial charge in [-0.15, -0.1) is 0 Å². The predicted molar refractivity (Wildman–Crippen MR) is 55.2 cm³/mol. The van der Waals surface area contributed by atoms with Crippen LogP contribution < -0.4 is 0 Å². The number of Topliss-reactive ketones (excluding diaryl/α,β-unsaturated/α-hetero) is 1. The van der Waals surface area contributed by atoms with Crippen LogP contribution >= 0.6 is 11.6 Å². The summed E-state index contributed by atoms with van der Waals surface area (Å²) in [5.74, 6) is -0.396. The molecule has 0 aliphatic rings. The molecule has 1 rings (SSSR count). The summed E-state index contributed by atoms with van der Waals surface area (Å²) in [5.41, 5.74) is 0.278. The maximum absolute atomic E-state index is 13.0. The van der Waals surface area contributed by atoms with Crippen LogP contribution in [-0.2, 0) is 0 Å². The first-order valence-electron chi connectivity index (χ1n) is 4.49. The lowest BCUT2D eigenvalue weighted by atomic mass is 10.0. The number of ketones is 1. The fourth-order valence-corrected chi connectivity index (χ4v) is 1.43. The number of benzene rings is 1. The summed E-state index contributed by atoms with van der Waals surface area (Å²) >= 11 is 5.68. The van der Waals surface area contributed by atoms with Crippen LogP contribution in [0.1, 0.15) is 30.6 Å². The highest BCUT2D eigenvalue weighted by Crippen LogP contribution is 2.22. The molecule has 0 heterocycles. The minimum absolute atomic E-state index is 0.0712. The fourth-order valence-electron chi connectivity index (χ4n) is 1.20. The van der Waals surface area contributed by atoms with Crippen molar-refractivity contribution in [2.75, 3.05) is 0 Å². The Labute approximate surface area is 87.9 Å². The minimum atomic E-state index is -0.540.